The van der Waals surface area contributed by atoms with Crippen LogP contribution in [-0.4, -0.2) is 46.8 Å². The average Bonchev–Trinajstić information content (AvgIpc) is 2.75. The van der Waals surface area contributed by atoms with E-state index in [1.54, 1.807) is 0 Å². The lowest BCUT2D eigenvalue weighted by atomic mass is 10.2. The molecule has 1 aromatic heterocycles. The molecule has 6 heteroatoms. The summed E-state index contributed by atoms with van der Waals surface area (Å²) in [4.78, 5) is 6.81. The van der Waals surface area contributed by atoms with Gasteiger partial charge in [-0.05, 0) is 24.7 Å². The number of aromatic nitrogens is 2. The zero-order valence-corrected chi connectivity index (χ0v) is 13.1. The Bertz CT molecular complexity index is 612. The number of nitrogen functional groups attached to an aromatic ring is 1. The molecule has 0 aliphatic carbocycles. The van der Waals surface area contributed by atoms with Gasteiger partial charge in [-0.25, -0.2) is 4.98 Å². The molecule has 1 atom stereocenters. The molecular formula is C14H19BrN4O. The highest BCUT2D eigenvalue weighted by Gasteiger charge is 2.21. The molecule has 1 aliphatic rings. The van der Waals surface area contributed by atoms with Crippen LogP contribution in [0.15, 0.2) is 22.7 Å². The van der Waals surface area contributed by atoms with E-state index in [-0.39, 0.29) is 6.10 Å². The number of hydrogen-bond donors (Lipinski definition) is 1. The number of hydrogen-bond acceptors (Lipinski definition) is 4. The summed E-state index contributed by atoms with van der Waals surface area (Å²) in [7, 11) is 0. The largest absolute Gasteiger partial charge is 0.374 e. The van der Waals surface area contributed by atoms with Crippen LogP contribution in [0.4, 0.5) is 5.95 Å². The van der Waals surface area contributed by atoms with E-state index in [4.69, 9.17) is 10.5 Å². The number of anilines is 1. The molecule has 0 bridgehead atoms. The highest BCUT2D eigenvalue weighted by atomic mass is 79.9. The van der Waals surface area contributed by atoms with E-state index in [1.165, 1.54) is 0 Å². The Kier molecular flexibility index (Phi) is 3.96. The highest BCUT2D eigenvalue weighted by molar-refractivity contribution is 9.10. The molecule has 5 nitrogen and oxygen atoms in total. The van der Waals surface area contributed by atoms with Gasteiger partial charge in [0.15, 0.2) is 0 Å². The molecule has 1 fully saturated rings. The molecule has 1 saturated heterocycles. The molecule has 1 unspecified atom stereocenters. The van der Waals surface area contributed by atoms with Gasteiger partial charge < -0.3 is 15.0 Å². The van der Waals surface area contributed by atoms with Gasteiger partial charge in [0.1, 0.15) is 0 Å². The van der Waals surface area contributed by atoms with E-state index >= 15 is 0 Å². The fourth-order valence-electron chi connectivity index (χ4n) is 2.69. The van der Waals surface area contributed by atoms with Crippen LogP contribution >= 0.6 is 15.9 Å². The average molecular weight is 339 g/mol. The van der Waals surface area contributed by atoms with Crippen LogP contribution in [0.5, 0.6) is 0 Å². The topological polar surface area (TPSA) is 56.3 Å². The maximum atomic E-state index is 6.06. The highest BCUT2D eigenvalue weighted by Crippen LogP contribution is 2.23. The normalized spacial score (nSPS) is 20.6. The zero-order valence-electron chi connectivity index (χ0n) is 11.6. The number of imidazole rings is 1. The van der Waals surface area contributed by atoms with Gasteiger partial charge in [0.05, 0.1) is 30.3 Å². The minimum atomic E-state index is 0.169. The van der Waals surface area contributed by atoms with E-state index in [1.807, 2.05) is 16.7 Å². The minimum Gasteiger partial charge on any atom is -0.374 e. The maximum absolute atomic E-state index is 6.06. The molecule has 108 valence electrons. The smallest absolute Gasteiger partial charge is 0.201 e. The lowest BCUT2D eigenvalue weighted by Crippen LogP contribution is -2.44. The number of nitrogens with zero attached hydrogens (tertiary/aromatic N) is 3. The minimum absolute atomic E-state index is 0.169. The standard InChI is InChI=1S/C14H19BrN4O/c1-2-18-5-6-20-11(8-18)9-19-13-7-10(15)3-4-12(13)17-14(19)16/h3-4,7,11H,2,5-6,8-9H2,1H3,(H2,16,17). The second-order valence-electron chi connectivity index (χ2n) is 5.10. The fraction of sp³-hybridized carbons (Fsp3) is 0.500. The van der Waals surface area contributed by atoms with Gasteiger partial charge in [-0.15, -0.1) is 0 Å². The number of halogens is 1. The van der Waals surface area contributed by atoms with Crippen molar-refractivity contribution in [1.29, 1.82) is 0 Å². The van der Waals surface area contributed by atoms with Gasteiger partial charge in [0.25, 0.3) is 0 Å². The predicted octanol–water partition coefficient (Wildman–Crippen LogP) is 2.10. The molecule has 0 spiro atoms. The molecule has 0 amide bonds. The Labute approximate surface area is 126 Å². The lowest BCUT2D eigenvalue weighted by Gasteiger charge is -2.32. The van der Waals surface area contributed by atoms with Gasteiger partial charge in [-0.3, -0.25) is 4.90 Å². The van der Waals surface area contributed by atoms with Gasteiger partial charge in [-0.2, -0.15) is 0 Å². The summed E-state index contributed by atoms with van der Waals surface area (Å²) in [6.07, 6.45) is 0.169. The predicted molar refractivity (Wildman–Crippen MR) is 83.7 cm³/mol. The van der Waals surface area contributed by atoms with E-state index < -0.39 is 0 Å². The van der Waals surface area contributed by atoms with Crippen molar-refractivity contribution in [3.63, 3.8) is 0 Å². The molecule has 1 aromatic carbocycles. The van der Waals surface area contributed by atoms with Crippen LogP contribution in [0, 0.1) is 0 Å². The molecule has 2 heterocycles. The van der Waals surface area contributed by atoms with Crippen molar-refractivity contribution in [1.82, 2.24) is 14.5 Å². The van der Waals surface area contributed by atoms with E-state index in [0.717, 1.165) is 48.3 Å². The molecule has 2 N–H and O–H groups in total. The Balaban J connectivity index is 1.86. The van der Waals surface area contributed by atoms with Gasteiger partial charge >= 0.3 is 0 Å². The van der Waals surface area contributed by atoms with Crippen molar-refractivity contribution in [2.24, 2.45) is 0 Å². The Morgan fingerprint density at radius 3 is 3.15 bits per heavy atom. The third-order valence-corrected chi connectivity index (χ3v) is 4.29. The first-order valence-electron chi connectivity index (χ1n) is 6.92. The number of nitrogens with two attached hydrogens (primary N) is 1. The Morgan fingerprint density at radius 2 is 2.35 bits per heavy atom. The van der Waals surface area contributed by atoms with Crippen molar-refractivity contribution in [2.45, 2.75) is 19.6 Å². The summed E-state index contributed by atoms with van der Waals surface area (Å²) in [5.74, 6) is 0.551. The van der Waals surface area contributed by atoms with E-state index in [9.17, 15) is 0 Å². The Hall–Kier alpha value is -1.11. The summed E-state index contributed by atoms with van der Waals surface area (Å²) in [5, 5.41) is 0. The quantitative estimate of drug-likeness (QED) is 0.931. The summed E-state index contributed by atoms with van der Waals surface area (Å²) in [6, 6.07) is 6.01. The second kappa shape index (κ2) is 5.71. The van der Waals surface area contributed by atoms with Crippen molar-refractivity contribution >= 4 is 32.9 Å². The number of ether oxygens (including phenoxy) is 1. The number of benzene rings is 1. The van der Waals surface area contributed by atoms with Crippen LogP contribution in [0.1, 0.15) is 6.92 Å². The molecule has 0 saturated carbocycles. The van der Waals surface area contributed by atoms with Crippen molar-refractivity contribution in [3.05, 3.63) is 22.7 Å². The monoisotopic (exact) mass is 338 g/mol. The molecule has 20 heavy (non-hydrogen) atoms. The van der Waals surface area contributed by atoms with Crippen LogP contribution in [0.25, 0.3) is 11.0 Å². The number of likely N-dealkylation sites (N-methyl/N-ethyl adjacent to an activating group) is 1. The van der Waals surface area contributed by atoms with Gasteiger partial charge in [0, 0.05) is 17.6 Å². The van der Waals surface area contributed by atoms with Crippen LogP contribution in [-0.2, 0) is 11.3 Å². The summed E-state index contributed by atoms with van der Waals surface area (Å²) in [6.45, 7) is 6.73. The van der Waals surface area contributed by atoms with Gasteiger partial charge in [0.2, 0.25) is 5.95 Å². The number of rotatable bonds is 3. The summed E-state index contributed by atoms with van der Waals surface area (Å²) >= 11 is 3.50. The van der Waals surface area contributed by atoms with Crippen LogP contribution < -0.4 is 5.73 Å². The van der Waals surface area contributed by atoms with Crippen LogP contribution in [0.2, 0.25) is 0 Å². The third-order valence-electron chi connectivity index (χ3n) is 3.80. The van der Waals surface area contributed by atoms with Crippen molar-refractivity contribution < 1.29 is 4.74 Å². The molecule has 0 radical (unpaired) electrons. The molecule has 3 rings (SSSR count). The third kappa shape index (κ3) is 2.68. The van der Waals surface area contributed by atoms with Crippen LogP contribution in [0.3, 0.4) is 0 Å². The lowest BCUT2D eigenvalue weighted by molar-refractivity contribution is -0.0335. The zero-order chi connectivity index (χ0) is 14.1. The first-order chi connectivity index (χ1) is 9.67. The fourth-order valence-corrected chi connectivity index (χ4v) is 3.04. The SMILES string of the molecule is CCN1CCOC(Cn2c(N)nc3ccc(Br)cc32)C1. The Morgan fingerprint density at radius 1 is 1.50 bits per heavy atom. The number of fused-ring (bicyclic) bond motifs is 1. The van der Waals surface area contributed by atoms with Gasteiger partial charge in [-0.1, -0.05) is 22.9 Å². The molecule has 1 aliphatic heterocycles. The summed E-state index contributed by atoms with van der Waals surface area (Å²) < 4.78 is 8.94. The first kappa shape index (κ1) is 13.9. The molecule has 2 aromatic rings. The van der Waals surface area contributed by atoms with Crippen molar-refractivity contribution in [2.75, 3.05) is 32.0 Å². The molecular weight excluding hydrogens is 320 g/mol. The maximum Gasteiger partial charge on any atom is 0.201 e. The summed E-state index contributed by atoms with van der Waals surface area (Å²) in [5.41, 5.74) is 8.03. The van der Waals surface area contributed by atoms with Crippen molar-refractivity contribution in [3.8, 4) is 0 Å². The first-order valence-corrected chi connectivity index (χ1v) is 7.72. The van der Waals surface area contributed by atoms with E-state index in [2.05, 4.69) is 38.8 Å². The second-order valence-corrected chi connectivity index (χ2v) is 6.02. The number of morpholine rings is 1. The van der Waals surface area contributed by atoms with E-state index in [0.29, 0.717) is 5.95 Å².